The molecule has 0 amide bonds. The van der Waals surface area contributed by atoms with Crippen LogP contribution >= 0.6 is 0 Å². The van der Waals surface area contributed by atoms with Crippen molar-refractivity contribution in [3.05, 3.63) is 71.4 Å². The van der Waals surface area contributed by atoms with Crippen LogP contribution in [0.5, 0.6) is 0 Å². The summed E-state index contributed by atoms with van der Waals surface area (Å²) in [6, 6.07) is 6.00. The maximum atomic E-state index is 14.8. The smallest absolute Gasteiger partial charge is 0.135 e. The highest BCUT2D eigenvalue weighted by Crippen LogP contribution is 2.42. The van der Waals surface area contributed by atoms with E-state index < -0.39 is 11.6 Å². The van der Waals surface area contributed by atoms with Crippen LogP contribution in [-0.2, 0) is 4.74 Å². The summed E-state index contributed by atoms with van der Waals surface area (Å²) in [5.41, 5.74) is 4.41. The van der Waals surface area contributed by atoms with Crippen molar-refractivity contribution in [2.45, 2.75) is 63.7 Å². The number of rotatable bonds is 4. The number of aromatic nitrogens is 5. The van der Waals surface area contributed by atoms with E-state index in [0.29, 0.717) is 22.8 Å². The lowest BCUT2D eigenvalue weighted by Gasteiger charge is -2.33. The van der Waals surface area contributed by atoms with Crippen LogP contribution in [0.1, 0.15) is 67.6 Å². The molecule has 0 bridgehead atoms. The highest BCUT2D eigenvalue weighted by molar-refractivity contribution is 5.89. The fourth-order valence-electron chi connectivity index (χ4n) is 4.87. The van der Waals surface area contributed by atoms with Gasteiger partial charge in [0, 0.05) is 41.2 Å². The lowest BCUT2D eigenvalue weighted by Crippen LogP contribution is -2.25. The average molecular weight is 462 g/mol. The third-order valence-corrected chi connectivity index (χ3v) is 6.70. The first-order valence-electron chi connectivity index (χ1n) is 11.7. The number of aryl methyl sites for hydroxylation is 1. The summed E-state index contributed by atoms with van der Waals surface area (Å²) in [7, 11) is 0. The van der Waals surface area contributed by atoms with Gasteiger partial charge in [-0.25, -0.2) is 18.7 Å². The molecule has 1 saturated heterocycles. The Balaban J connectivity index is 1.41. The SMILES string of the molecule is Cc1cnc2c(-c3ccc(F)cc3F)nc([C@@H]3C[C@@H](C)O[C@H](c4cnn(C5CC5)c4)C3)cc2n1. The van der Waals surface area contributed by atoms with Gasteiger partial charge in [0.2, 0.25) is 0 Å². The topological polar surface area (TPSA) is 65.7 Å². The fraction of sp³-hybridized carbons (Fsp3) is 0.385. The molecular weight excluding hydrogens is 436 g/mol. The molecule has 34 heavy (non-hydrogen) atoms. The Kier molecular flexibility index (Phi) is 5.13. The summed E-state index contributed by atoms with van der Waals surface area (Å²) in [4.78, 5) is 14.0. The summed E-state index contributed by atoms with van der Waals surface area (Å²) >= 11 is 0. The van der Waals surface area contributed by atoms with Gasteiger partial charge in [-0.1, -0.05) is 0 Å². The van der Waals surface area contributed by atoms with Crippen molar-refractivity contribution < 1.29 is 13.5 Å². The van der Waals surface area contributed by atoms with E-state index in [1.807, 2.05) is 23.9 Å². The van der Waals surface area contributed by atoms with Crippen molar-refractivity contribution >= 4 is 11.0 Å². The molecule has 0 unspecified atom stereocenters. The fourth-order valence-corrected chi connectivity index (χ4v) is 4.87. The van der Waals surface area contributed by atoms with E-state index in [1.165, 1.54) is 25.0 Å². The molecule has 1 aromatic carbocycles. The van der Waals surface area contributed by atoms with Crippen molar-refractivity contribution in [2.24, 2.45) is 0 Å². The van der Waals surface area contributed by atoms with Gasteiger partial charge in [0.05, 0.1) is 35.7 Å². The maximum Gasteiger partial charge on any atom is 0.135 e. The summed E-state index contributed by atoms with van der Waals surface area (Å²) in [5, 5.41) is 4.53. The molecule has 3 aromatic heterocycles. The van der Waals surface area contributed by atoms with Crippen molar-refractivity contribution in [1.82, 2.24) is 24.7 Å². The van der Waals surface area contributed by atoms with Gasteiger partial charge in [-0.3, -0.25) is 9.67 Å². The number of nitrogens with zero attached hydrogens (tertiary/aromatic N) is 5. The maximum absolute atomic E-state index is 14.8. The Morgan fingerprint density at radius 1 is 1.06 bits per heavy atom. The van der Waals surface area contributed by atoms with Crippen LogP contribution in [0.3, 0.4) is 0 Å². The Morgan fingerprint density at radius 3 is 2.71 bits per heavy atom. The predicted octanol–water partition coefficient (Wildman–Crippen LogP) is 5.83. The molecule has 4 aromatic rings. The zero-order valence-corrected chi connectivity index (χ0v) is 19.1. The number of hydrogen-bond donors (Lipinski definition) is 0. The van der Waals surface area contributed by atoms with Gasteiger partial charge >= 0.3 is 0 Å². The largest absolute Gasteiger partial charge is 0.370 e. The number of hydrogen-bond acceptors (Lipinski definition) is 5. The summed E-state index contributed by atoms with van der Waals surface area (Å²) in [6.45, 7) is 3.94. The minimum atomic E-state index is -0.668. The number of halogens is 2. The molecule has 1 aliphatic carbocycles. The third-order valence-electron chi connectivity index (χ3n) is 6.70. The average Bonchev–Trinajstić information content (AvgIpc) is 3.54. The molecule has 3 atom stereocenters. The Morgan fingerprint density at radius 2 is 1.91 bits per heavy atom. The molecule has 2 fully saturated rings. The van der Waals surface area contributed by atoms with Gasteiger partial charge in [-0.2, -0.15) is 5.10 Å². The molecule has 8 heteroatoms. The molecule has 0 spiro atoms. The second-order valence-electron chi connectivity index (χ2n) is 9.49. The molecule has 2 aliphatic rings. The summed E-state index contributed by atoms with van der Waals surface area (Å²) < 4.78 is 36.7. The molecule has 1 aliphatic heterocycles. The van der Waals surface area contributed by atoms with E-state index >= 15 is 0 Å². The quantitative estimate of drug-likeness (QED) is 0.382. The van der Waals surface area contributed by atoms with Crippen molar-refractivity contribution in [2.75, 3.05) is 0 Å². The van der Waals surface area contributed by atoms with E-state index in [9.17, 15) is 8.78 Å². The third kappa shape index (κ3) is 3.96. The monoisotopic (exact) mass is 461 g/mol. The van der Waals surface area contributed by atoms with Gasteiger partial charge in [0.25, 0.3) is 0 Å². The molecular formula is C26H25F2N5O. The van der Waals surface area contributed by atoms with Crippen LogP contribution in [0.2, 0.25) is 0 Å². The summed E-state index contributed by atoms with van der Waals surface area (Å²) in [5.74, 6) is -1.21. The van der Waals surface area contributed by atoms with Crippen molar-refractivity contribution in [1.29, 1.82) is 0 Å². The van der Waals surface area contributed by atoms with E-state index in [4.69, 9.17) is 9.72 Å². The second-order valence-corrected chi connectivity index (χ2v) is 9.49. The first kappa shape index (κ1) is 21.3. The standard InChI is InChI=1S/C26H25F2N5O/c1-14-11-29-26-23(31-14)10-22(32-25(26)20-6-3-18(27)9-21(20)28)16-7-15(2)34-24(8-16)17-12-30-33(13-17)19-4-5-19/h3,6,9-13,15-16,19,24H,4-5,7-8H2,1-2H3/t15-,16-,24+/m1/s1. The molecule has 0 N–H and O–H groups in total. The predicted molar refractivity (Wildman–Crippen MR) is 123 cm³/mol. The lowest BCUT2D eigenvalue weighted by molar-refractivity contribution is -0.0506. The van der Waals surface area contributed by atoms with Crippen LogP contribution in [0.15, 0.2) is 42.9 Å². The van der Waals surface area contributed by atoms with Gasteiger partial charge in [-0.05, 0) is 57.7 Å². The van der Waals surface area contributed by atoms with Gasteiger partial charge < -0.3 is 4.74 Å². The van der Waals surface area contributed by atoms with E-state index in [0.717, 1.165) is 35.9 Å². The minimum absolute atomic E-state index is 0.0279. The minimum Gasteiger partial charge on any atom is -0.370 e. The van der Waals surface area contributed by atoms with Crippen LogP contribution in [0, 0.1) is 18.6 Å². The lowest BCUT2D eigenvalue weighted by atomic mass is 9.87. The van der Waals surface area contributed by atoms with Crippen LogP contribution in [-0.4, -0.2) is 30.8 Å². The summed E-state index contributed by atoms with van der Waals surface area (Å²) in [6.07, 6.45) is 9.46. The molecule has 174 valence electrons. The molecule has 6 rings (SSSR count). The number of ether oxygens (including phenoxy) is 1. The Labute approximate surface area is 196 Å². The highest BCUT2D eigenvalue weighted by Gasteiger charge is 2.33. The molecule has 0 radical (unpaired) electrons. The number of pyridine rings is 1. The zero-order chi connectivity index (χ0) is 23.4. The van der Waals surface area contributed by atoms with E-state index in [2.05, 4.69) is 28.2 Å². The van der Waals surface area contributed by atoms with E-state index in [-0.39, 0.29) is 23.7 Å². The van der Waals surface area contributed by atoms with Gasteiger partial charge in [-0.15, -0.1) is 0 Å². The van der Waals surface area contributed by atoms with Gasteiger partial charge in [0.15, 0.2) is 0 Å². The van der Waals surface area contributed by atoms with Crippen LogP contribution in [0.25, 0.3) is 22.3 Å². The molecule has 6 nitrogen and oxygen atoms in total. The second kappa shape index (κ2) is 8.20. The first-order valence-corrected chi connectivity index (χ1v) is 11.7. The Hall–Kier alpha value is -3.26. The van der Waals surface area contributed by atoms with Crippen molar-refractivity contribution in [3.63, 3.8) is 0 Å². The van der Waals surface area contributed by atoms with E-state index in [1.54, 1.807) is 6.20 Å². The normalized spacial score (nSPS) is 22.9. The number of fused-ring (bicyclic) bond motifs is 1. The highest BCUT2D eigenvalue weighted by atomic mass is 19.1. The van der Waals surface area contributed by atoms with Crippen LogP contribution < -0.4 is 0 Å². The molecule has 1 saturated carbocycles. The van der Waals surface area contributed by atoms with Crippen molar-refractivity contribution in [3.8, 4) is 11.3 Å². The first-order chi connectivity index (χ1) is 16.4. The number of benzene rings is 1. The Bertz CT molecular complexity index is 1380. The van der Waals surface area contributed by atoms with Crippen LogP contribution in [0.4, 0.5) is 8.78 Å². The molecule has 4 heterocycles. The van der Waals surface area contributed by atoms with Gasteiger partial charge in [0.1, 0.15) is 22.8 Å². The zero-order valence-electron chi connectivity index (χ0n) is 19.1.